The number of nitrogens with one attached hydrogen (secondary N) is 2. The maximum Gasteiger partial charge on any atom is 0.243 e. The lowest BCUT2D eigenvalue weighted by atomic mass is 10.1. The fraction of sp³-hybridized carbons (Fsp3) is 0.476. The van der Waals surface area contributed by atoms with Gasteiger partial charge >= 0.3 is 0 Å². The van der Waals surface area contributed by atoms with E-state index in [1.165, 1.54) is 5.69 Å². The third-order valence-corrected chi connectivity index (χ3v) is 5.62. The van der Waals surface area contributed by atoms with Gasteiger partial charge in [0.05, 0.1) is 11.8 Å². The lowest BCUT2D eigenvalue weighted by molar-refractivity contribution is -0.122. The summed E-state index contributed by atoms with van der Waals surface area (Å²) in [4.78, 5) is 16.9. The second-order valence-corrected chi connectivity index (χ2v) is 7.76. The minimum Gasteiger partial charge on any atom is -0.369 e. The fourth-order valence-electron chi connectivity index (χ4n) is 4.14. The summed E-state index contributed by atoms with van der Waals surface area (Å²) < 4.78 is 1.85. The summed E-state index contributed by atoms with van der Waals surface area (Å²) >= 11 is 0. The molecule has 152 valence electrons. The number of carbonyl (C=O) groups excluding carboxylic acids is 1. The molecule has 0 aliphatic carbocycles. The van der Waals surface area contributed by atoms with E-state index in [9.17, 15) is 4.79 Å². The molecule has 1 amide bonds. The molecule has 4 rings (SSSR count). The molecule has 8 heteroatoms. The molecule has 0 bridgehead atoms. The van der Waals surface area contributed by atoms with Crippen molar-refractivity contribution in [3.63, 3.8) is 0 Å². The standard InChI is InChI=1S/C21H27N7O/c1-16-14-19(21(29)24-8-7-22)27(15-16)20-6-11-28(25-20)18-4-2-17(3-5-18)26-12-9-23-10-13-26/h2-6,11,16,19,23H,8-10,12-15H2,1H3,(H,24,29)/t16-,19-/m0/s1. The van der Waals surface area contributed by atoms with Crippen LogP contribution >= 0.6 is 0 Å². The van der Waals surface area contributed by atoms with Crippen molar-refractivity contribution in [1.29, 1.82) is 5.26 Å². The van der Waals surface area contributed by atoms with Crippen LogP contribution in [0.4, 0.5) is 11.5 Å². The van der Waals surface area contributed by atoms with Crippen molar-refractivity contribution in [1.82, 2.24) is 20.4 Å². The molecular formula is C21H27N7O. The number of rotatable bonds is 5. The van der Waals surface area contributed by atoms with Crippen molar-refractivity contribution in [3.8, 4) is 11.8 Å². The summed E-state index contributed by atoms with van der Waals surface area (Å²) in [5.74, 6) is 1.08. The lowest BCUT2D eigenvalue weighted by Crippen LogP contribution is -2.43. The van der Waals surface area contributed by atoms with Gasteiger partial charge in [0.1, 0.15) is 12.6 Å². The van der Waals surface area contributed by atoms with Crippen molar-refractivity contribution in [2.24, 2.45) is 5.92 Å². The first-order chi connectivity index (χ1) is 14.2. The Morgan fingerprint density at radius 1 is 1.24 bits per heavy atom. The molecule has 2 N–H and O–H groups in total. The van der Waals surface area contributed by atoms with Crippen molar-refractivity contribution < 1.29 is 4.79 Å². The number of nitrogens with zero attached hydrogens (tertiary/aromatic N) is 5. The number of hydrogen-bond acceptors (Lipinski definition) is 6. The van der Waals surface area contributed by atoms with Crippen LogP contribution < -0.4 is 20.4 Å². The van der Waals surface area contributed by atoms with Gasteiger partial charge in [-0.05, 0) is 36.6 Å². The highest BCUT2D eigenvalue weighted by atomic mass is 16.2. The van der Waals surface area contributed by atoms with Gasteiger partial charge in [-0.25, -0.2) is 4.68 Å². The van der Waals surface area contributed by atoms with Crippen LogP contribution in [0.15, 0.2) is 36.5 Å². The number of aromatic nitrogens is 2. The normalized spacial score (nSPS) is 21.8. The van der Waals surface area contributed by atoms with Crippen molar-refractivity contribution in [2.75, 3.05) is 49.1 Å². The average molecular weight is 393 g/mol. The zero-order valence-corrected chi connectivity index (χ0v) is 16.7. The van der Waals surface area contributed by atoms with E-state index in [1.807, 2.05) is 27.9 Å². The highest BCUT2D eigenvalue weighted by molar-refractivity contribution is 5.85. The number of carbonyl (C=O) groups is 1. The van der Waals surface area contributed by atoms with Crippen molar-refractivity contribution >= 4 is 17.4 Å². The quantitative estimate of drug-likeness (QED) is 0.741. The maximum absolute atomic E-state index is 12.5. The molecule has 29 heavy (non-hydrogen) atoms. The largest absolute Gasteiger partial charge is 0.369 e. The number of amides is 1. The summed E-state index contributed by atoms with van der Waals surface area (Å²) in [6.07, 6.45) is 2.70. The van der Waals surface area contributed by atoms with Gasteiger partial charge in [-0.1, -0.05) is 6.92 Å². The van der Waals surface area contributed by atoms with Gasteiger partial charge in [0, 0.05) is 50.7 Å². The van der Waals surface area contributed by atoms with Gasteiger partial charge in [0.15, 0.2) is 5.82 Å². The van der Waals surface area contributed by atoms with Crippen LogP contribution in [0.5, 0.6) is 0 Å². The molecule has 2 fully saturated rings. The Labute approximate surface area is 171 Å². The molecule has 0 saturated carbocycles. The summed E-state index contributed by atoms with van der Waals surface area (Å²) in [7, 11) is 0. The molecule has 2 saturated heterocycles. The van der Waals surface area contributed by atoms with Crippen molar-refractivity contribution in [3.05, 3.63) is 36.5 Å². The molecule has 0 unspecified atom stereocenters. The van der Waals surface area contributed by atoms with Gasteiger partial charge in [0.2, 0.25) is 5.91 Å². The Hall–Kier alpha value is -3.05. The molecule has 2 aromatic rings. The predicted molar refractivity (Wildman–Crippen MR) is 112 cm³/mol. The summed E-state index contributed by atoms with van der Waals surface area (Å²) in [6, 6.07) is 12.1. The third-order valence-electron chi connectivity index (χ3n) is 5.62. The van der Waals surface area contributed by atoms with Crippen LogP contribution in [-0.2, 0) is 4.79 Å². The first kappa shape index (κ1) is 19.3. The van der Waals surface area contributed by atoms with E-state index in [2.05, 4.69) is 46.7 Å². The molecular weight excluding hydrogens is 366 g/mol. The van der Waals surface area contributed by atoms with E-state index in [0.717, 1.165) is 50.6 Å². The SMILES string of the molecule is C[C@H]1C[C@@H](C(=O)NCC#N)N(c2ccn(-c3ccc(N4CCNCC4)cc3)n2)C1. The van der Waals surface area contributed by atoms with Gasteiger partial charge in [-0.15, -0.1) is 0 Å². The zero-order valence-electron chi connectivity index (χ0n) is 16.7. The number of nitriles is 1. The van der Waals surface area contributed by atoms with Crippen LogP contribution in [0.3, 0.4) is 0 Å². The number of piperazine rings is 1. The topological polar surface area (TPSA) is 89.2 Å². The number of anilines is 2. The second-order valence-electron chi connectivity index (χ2n) is 7.76. The Morgan fingerprint density at radius 3 is 2.69 bits per heavy atom. The average Bonchev–Trinajstić information content (AvgIpc) is 3.39. The van der Waals surface area contributed by atoms with Crippen molar-refractivity contribution in [2.45, 2.75) is 19.4 Å². The van der Waals surface area contributed by atoms with E-state index < -0.39 is 0 Å². The monoisotopic (exact) mass is 393 g/mol. The van der Waals surface area contributed by atoms with Gasteiger partial charge in [0.25, 0.3) is 0 Å². The molecule has 0 spiro atoms. The Balaban J connectivity index is 1.48. The molecule has 1 aromatic heterocycles. The molecule has 3 heterocycles. The fourth-order valence-corrected chi connectivity index (χ4v) is 4.14. The summed E-state index contributed by atoms with van der Waals surface area (Å²) in [6.45, 7) is 7.02. The van der Waals surface area contributed by atoms with Crippen LogP contribution in [0.1, 0.15) is 13.3 Å². The van der Waals surface area contributed by atoms with Crippen LogP contribution in [0.25, 0.3) is 5.69 Å². The lowest BCUT2D eigenvalue weighted by Gasteiger charge is -2.29. The molecule has 8 nitrogen and oxygen atoms in total. The first-order valence-corrected chi connectivity index (χ1v) is 10.2. The third kappa shape index (κ3) is 4.20. The molecule has 2 aliphatic rings. The van der Waals surface area contributed by atoms with E-state index in [0.29, 0.717) is 5.92 Å². The van der Waals surface area contributed by atoms with Gasteiger partial charge < -0.3 is 20.4 Å². The van der Waals surface area contributed by atoms with E-state index >= 15 is 0 Å². The van der Waals surface area contributed by atoms with E-state index in [1.54, 1.807) is 0 Å². The Morgan fingerprint density at radius 2 is 1.97 bits per heavy atom. The molecule has 2 atom stereocenters. The maximum atomic E-state index is 12.5. The second kappa shape index (κ2) is 8.53. The number of hydrogen-bond donors (Lipinski definition) is 2. The highest BCUT2D eigenvalue weighted by Gasteiger charge is 2.35. The minimum absolute atomic E-state index is 0.0332. The van der Waals surface area contributed by atoms with Gasteiger partial charge in [-0.2, -0.15) is 10.4 Å². The zero-order chi connectivity index (χ0) is 20.2. The Kier molecular flexibility index (Phi) is 5.67. The summed E-state index contributed by atoms with van der Waals surface area (Å²) in [5, 5.41) is 19.5. The molecule has 2 aliphatic heterocycles. The first-order valence-electron chi connectivity index (χ1n) is 10.2. The van der Waals surface area contributed by atoms with E-state index in [4.69, 9.17) is 10.4 Å². The van der Waals surface area contributed by atoms with E-state index in [-0.39, 0.29) is 18.5 Å². The van der Waals surface area contributed by atoms with Gasteiger partial charge in [-0.3, -0.25) is 4.79 Å². The number of benzene rings is 1. The summed E-state index contributed by atoms with van der Waals surface area (Å²) in [5.41, 5.74) is 2.22. The highest BCUT2D eigenvalue weighted by Crippen LogP contribution is 2.28. The molecule has 0 radical (unpaired) electrons. The van der Waals surface area contributed by atoms with Crippen LogP contribution in [0.2, 0.25) is 0 Å². The predicted octanol–water partition coefficient (Wildman–Crippen LogP) is 1.14. The molecule has 1 aromatic carbocycles. The minimum atomic E-state index is -0.281. The van der Waals surface area contributed by atoms with Crippen LogP contribution in [0, 0.1) is 17.2 Å². The van der Waals surface area contributed by atoms with Crippen LogP contribution in [-0.4, -0.2) is 61.0 Å². The smallest absolute Gasteiger partial charge is 0.243 e. The Bertz CT molecular complexity index is 879.